The van der Waals surface area contributed by atoms with Gasteiger partial charge in [-0.25, -0.2) is 8.42 Å². The lowest BCUT2D eigenvalue weighted by atomic mass is 9.96. The summed E-state index contributed by atoms with van der Waals surface area (Å²) >= 11 is 0. The van der Waals surface area contributed by atoms with Gasteiger partial charge in [-0.05, 0) is 45.2 Å². The standard InChI is InChI=1S/C12H23NO4S/c1-2-17-12(14)6-10-18(15,16)9-5-11-3-7-13-8-4-11/h11,13H,2-10H2,1H3. The molecule has 1 saturated heterocycles. The Balaban J connectivity index is 2.24. The van der Waals surface area contributed by atoms with E-state index in [1.807, 2.05) is 0 Å². The van der Waals surface area contributed by atoms with Crippen molar-refractivity contribution in [3.05, 3.63) is 0 Å². The van der Waals surface area contributed by atoms with Gasteiger partial charge in [0.05, 0.1) is 24.5 Å². The molecule has 5 nitrogen and oxygen atoms in total. The maximum absolute atomic E-state index is 11.8. The minimum atomic E-state index is -3.12. The van der Waals surface area contributed by atoms with Crippen molar-refractivity contribution in [3.63, 3.8) is 0 Å². The van der Waals surface area contributed by atoms with Crippen LogP contribution in [0, 0.1) is 5.92 Å². The van der Waals surface area contributed by atoms with E-state index in [1.54, 1.807) is 6.92 Å². The number of carbonyl (C=O) groups is 1. The van der Waals surface area contributed by atoms with Crippen LogP contribution in [-0.2, 0) is 19.4 Å². The fraction of sp³-hybridized carbons (Fsp3) is 0.917. The SMILES string of the molecule is CCOC(=O)CCS(=O)(=O)CCC1CCNCC1. The molecule has 1 aliphatic heterocycles. The third-order valence-corrected chi connectivity index (χ3v) is 4.90. The molecule has 6 heteroatoms. The molecule has 1 aliphatic rings. The fourth-order valence-electron chi connectivity index (χ4n) is 2.09. The molecule has 0 bridgehead atoms. The molecule has 1 N–H and O–H groups in total. The molecule has 1 fully saturated rings. The lowest BCUT2D eigenvalue weighted by Crippen LogP contribution is -2.29. The van der Waals surface area contributed by atoms with E-state index in [2.05, 4.69) is 5.32 Å². The molecule has 0 aromatic carbocycles. The van der Waals surface area contributed by atoms with Crippen LogP contribution in [0.2, 0.25) is 0 Å². The molecule has 0 atom stereocenters. The van der Waals surface area contributed by atoms with Gasteiger partial charge >= 0.3 is 5.97 Å². The van der Waals surface area contributed by atoms with Crippen LogP contribution in [0.1, 0.15) is 32.6 Å². The molecular weight excluding hydrogens is 254 g/mol. The van der Waals surface area contributed by atoms with Crippen LogP contribution in [0.4, 0.5) is 0 Å². The number of carbonyl (C=O) groups excluding carboxylic acids is 1. The van der Waals surface area contributed by atoms with Gasteiger partial charge in [-0.1, -0.05) is 0 Å². The summed E-state index contributed by atoms with van der Waals surface area (Å²) in [6.07, 6.45) is 2.79. The zero-order valence-corrected chi connectivity index (χ0v) is 11.8. The zero-order valence-electron chi connectivity index (χ0n) is 11.0. The number of piperidine rings is 1. The molecule has 106 valence electrons. The molecule has 18 heavy (non-hydrogen) atoms. The van der Waals surface area contributed by atoms with E-state index in [9.17, 15) is 13.2 Å². The summed E-state index contributed by atoms with van der Waals surface area (Å²) in [7, 11) is -3.12. The van der Waals surface area contributed by atoms with E-state index in [1.165, 1.54) is 0 Å². The van der Waals surface area contributed by atoms with E-state index in [-0.39, 0.29) is 17.9 Å². The molecule has 0 radical (unpaired) electrons. The normalized spacial score (nSPS) is 17.6. The smallest absolute Gasteiger partial charge is 0.306 e. The molecule has 0 unspecified atom stereocenters. The van der Waals surface area contributed by atoms with Crippen LogP contribution in [0.15, 0.2) is 0 Å². The summed E-state index contributed by atoms with van der Waals surface area (Å²) in [6, 6.07) is 0. The Labute approximate surface area is 109 Å². The minimum Gasteiger partial charge on any atom is -0.466 e. The number of hydrogen-bond donors (Lipinski definition) is 1. The molecule has 0 saturated carbocycles. The van der Waals surface area contributed by atoms with Crippen molar-refractivity contribution >= 4 is 15.8 Å². The van der Waals surface area contributed by atoms with Crippen LogP contribution in [0.5, 0.6) is 0 Å². The minimum absolute atomic E-state index is 0.0254. The van der Waals surface area contributed by atoms with Crippen molar-refractivity contribution in [2.24, 2.45) is 5.92 Å². The first-order chi connectivity index (χ1) is 8.53. The van der Waals surface area contributed by atoms with Crippen LogP contribution in [-0.4, -0.2) is 45.6 Å². The Hall–Kier alpha value is -0.620. The summed E-state index contributed by atoms with van der Waals surface area (Å²) in [5.41, 5.74) is 0. The summed E-state index contributed by atoms with van der Waals surface area (Å²) in [5.74, 6) is 0.181. The number of ether oxygens (including phenoxy) is 1. The van der Waals surface area contributed by atoms with Crippen molar-refractivity contribution in [3.8, 4) is 0 Å². The molecule has 1 rings (SSSR count). The maximum Gasteiger partial charge on any atom is 0.306 e. The topological polar surface area (TPSA) is 72.5 Å². The highest BCUT2D eigenvalue weighted by atomic mass is 32.2. The summed E-state index contributed by atoms with van der Waals surface area (Å²) < 4.78 is 28.2. The molecule has 0 aliphatic carbocycles. The molecular formula is C12H23NO4S. The maximum atomic E-state index is 11.8. The monoisotopic (exact) mass is 277 g/mol. The first-order valence-electron chi connectivity index (χ1n) is 6.60. The fourth-order valence-corrected chi connectivity index (χ4v) is 3.46. The Morgan fingerprint density at radius 1 is 1.28 bits per heavy atom. The first kappa shape index (κ1) is 15.4. The van der Waals surface area contributed by atoms with Crippen molar-refractivity contribution in [2.75, 3.05) is 31.2 Å². The van der Waals surface area contributed by atoms with Crippen molar-refractivity contribution < 1.29 is 17.9 Å². The Morgan fingerprint density at radius 3 is 2.56 bits per heavy atom. The van der Waals surface area contributed by atoms with E-state index >= 15 is 0 Å². The summed E-state index contributed by atoms with van der Waals surface area (Å²) in [6.45, 7) is 3.97. The third-order valence-electron chi connectivity index (χ3n) is 3.22. The lowest BCUT2D eigenvalue weighted by Gasteiger charge is -2.22. The molecule has 0 amide bonds. The zero-order chi connectivity index (χ0) is 13.4. The predicted molar refractivity (Wildman–Crippen MR) is 70.1 cm³/mol. The third kappa shape index (κ3) is 6.35. The quantitative estimate of drug-likeness (QED) is 0.695. The van der Waals surface area contributed by atoms with E-state index in [0.717, 1.165) is 25.9 Å². The highest BCUT2D eigenvalue weighted by molar-refractivity contribution is 7.91. The highest BCUT2D eigenvalue weighted by Gasteiger charge is 2.19. The van der Waals surface area contributed by atoms with Crippen molar-refractivity contribution in [2.45, 2.75) is 32.6 Å². The number of hydrogen-bond acceptors (Lipinski definition) is 5. The average molecular weight is 277 g/mol. The van der Waals surface area contributed by atoms with Crippen LogP contribution >= 0.6 is 0 Å². The molecule has 1 heterocycles. The Kier molecular flexibility index (Phi) is 6.63. The van der Waals surface area contributed by atoms with Gasteiger partial charge in [0, 0.05) is 0 Å². The summed E-state index contributed by atoms with van der Waals surface area (Å²) in [5, 5.41) is 3.26. The van der Waals surface area contributed by atoms with Crippen molar-refractivity contribution in [1.82, 2.24) is 5.32 Å². The van der Waals surface area contributed by atoms with Gasteiger partial charge < -0.3 is 10.1 Å². The van der Waals surface area contributed by atoms with Gasteiger partial charge in [0.2, 0.25) is 0 Å². The second-order valence-electron chi connectivity index (χ2n) is 4.69. The van der Waals surface area contributed by atoms with Gasteiger partial charge in [-0.3, -0.25) is 4.79 Å². The Morgan fingerprint density at radius 2 is 1.94 bits per heavy atom. The second-order valence-corrected chi connectivity index (χ2v) is 6.99. The summed E-state index contributed by atoms with van der Waals surface area (Å²) in [4.78, 5) is 11.1. The average Bonchev–Trinajstić information content (AvgIpc) is 2.36. The number of rotatable bonds is 7. The number of nitrogens with one attached hydrogen (secondary N) is 1. The lowest BCUT2D eigenvalue weighted by molar-refractivity contribution is -0.142. The highest BCUT2D eigenvalue weighted by Crippen LogP contribution is 2.17. The largest absolute Gasteiger partial charge is 0.466 e. The van der Waals surface area contributed by atoms with Crippen LogP contribution in [0.25, 0.3) is 0 Å². The Bertz CT molecular complexity index is 347. The molecule has 0 aromatic rings. The van der Waals surface area contributed by atoms with E-state index in [0.29, 0.717) is 18.9 Å². The number of sulfone groups is 1. The first-order valence-corrected chi connectivity index (χ1v) is 8.42. The van der Waals surface area contributed by atoms with Crippen LogP contribution < -0.4 is 5.32 Å². The molecule has 0 aromatic heterocycles. The second kappa shape index (κ2) is 7.74. The van der Waals surface area contributed by atoms with Gasteiger partial charge in [-0.2, -0.15) is 0 Å². The number of esters is 1. The predicted octanol–water partition coefficient (Wildman–Crippen LogP) is 0.744. The van der Waals surface area contributed by atoms with E-state index in [4.69, 9.17) is 4.74 Å². The van der Waals surface area contributed by atoms with E-state index < -0.39 is 15.8 Å². The van der Waals surface area contributed by atoms with Gasteiger partial charge in [0.1, 0.15) is 0 Å². The van der Waals surface area contributed by atoms with Gasteiger partial charge in [0.25, 0.3) is 0 Å². The van der Waals surface area contributed by atoms with Crippen molar-refractivity contribution in [1.29, 1.82) is 0 Å². The van der Waals surface area contributed by atoms with Gasteiger partial charge in [0.15, 0.2) is 9.84 Å². The molecule has 0 spiro atoms. The van der Waals surface area contributed by atoms with Gasteiger partial charge in [-0.15, -0.1) is 0 Å². The van der Waals surface area contributed by atoms with Crippen LogP contribution in [0.3, 0.4) is 0 Å².